The number of nitrogens with zero attached hydrogens (tertiary/aromatic N) is 3. The van der Waals surface area contributed by atoms with E-state index in [1.54, 1.807) is 26.2 Å². The Bertz CT molecular complexity index is 730. The van der Waals surface area contributed by atoms with Gasteiger partial charge in [-0.2, -0.15) is 0 Å². The van der Waals surface area contributed by atoms with Gasteiger partial charge >= 0.3 is 0 Å². The van der Waals surface area contributed by atoms with Gasteiger partial charge < -0.3 is 15.5 Å². The minimum atomic E-state index is -3.50. The van der Waals surface area contributed by atoms with Crippen LogP contribution in [-0.4, -0.2) is 69.9 Å². The highest BCUT2D eigenvalue weighted by Crippen LogP contribution is 2.19. The Balaban J connectivity index is 2.81. The van der Waals surface area contributed by atoms with E-state index in [1.165, 1.54) is 4.31 Å². The lowest BCUT2D eigenvalue weighted by Gasteiger charge is -2.21. The Kier molecular flexibility index (Phi) is 11.2. The van der Waals surface area contributed by atoms with Gasteiger partial charge in [-0.1, -0.05) is 32.0 Å². The predicted octanol–water partition coefficient (Wildman–Crippen LogP) is 2.50. The van der Waals surface area contributed by atoms with Crippen LogP contribution in [0.4, 0.5) is 0 Å². The van der Waals surface area contributed by atoms with Gasteiger partial charge in [-0.25, -0.2) is 17.7 Å². The molecule has 0 aliphatic rings. The summed E-state index contributed by atoms with van der Waals surface area (Å²) in [7, 11) is -0.412. The van der Waals surface area contributed by atoms with E-state index in [4.69, 9.17) is 0 Å². The molecule has 0 radical (unpaired) electrons. The fourth-order valence-electron chi connectivity index (χ4n) is 3.03. The second-order valence-corrected chi connectivity index (χ2v) is 9.43. The highest BCUT2D eigenvalue weighted by molar-refractivity contribution is 7.89. The number of rotatable bonds is 12. The first-order valence-corrected chi connectivity index (χ1v) is 12.0. The van der Waals surface area contributed by atoms with Gasteiger partial charge in [-0.15, -0.1) is 0 Å². The molecular weight excluding hydrogens is 386 g/mol. The number of aliphatic imine (C=N–C) groups is 1. The van der Waals surface area contributed by atoms with Crippen LogP contribution >= 0.6 is 0 Å². The molecule has 29 heavy (non-hydrogen) atoms. The first kappa shape index (κ1) is 25.4. The van der Waals surface area contributed by atoms with Gasteiger partial charge in [-0.3, -0.25) is 0 Å². The van der Waals surface area contributed by atoms with E-state index in [-0.39, 0.29) is 6.04 Å². The van der Waals surface area contributed by atoms with Gasteiger partial charge in [0.1, 0.15) is 0 Å². The number of sulfonamides is 1. The zero-order valence-corrected chi connectivity index (χ0v) is 19.7. The number of hydrogen-bond acceptors (Lipinski definition) is 4. The summed E-state index contributed by atoms with van der Waals surface area (Å²) >= 11 is 0. The summed E-state index contributed by atoms with van der Waals surface area (Å²) in [5.74, 6) is 0.708. The van der Waals surface area contributed by atoms with Gasteiger partial charge in [0.2, 0.25) is 10.0 Å². The van der Waals surface area contributed by atoms with Crippen LogP contribution in [0.5, 0.6) is 0 Å². The minimum Gasteiger partial charge on any atom is -0.357 e. The quantitative estimate of drug-likeness (QED) is 0.397. The Morgan fingerprint density at radius 1 is 1.14 bits per heavy atom. The molecule has 0 aliphatic heterocycles. The number of hydrogen-bond donors (Lipinski definition) is 2. The Morgan fingerprint density at radius 3 is 2.38 bits per heavy atom. The Morgan fingerprint density at radius 2 is 1.79 bits per heavy atom. The van der Waals surface area contributed by atoms with E-state index in [9.17, 15) is 8.42 Å². The predicted molar refractivity (Wildman–Crippen MR) is 122 cm³/mol. The standard InChI is InChI=1S/C21H39N5O2S/c1-7-22-21(24-18(4)13-12-16-26(8-2)9-3)23-17-19-14-10-11-15-20(19)29(27,28)25(5)6/h10-11,14-15,18H,7-9,12-13,16-17H2,1-6H3,(H2,22,23,24). The molecule has 166 valence electrons. The van der Waals surface area contributed by atoms with Gasteiger partial charge in [0, 0.05) is 26.7 Å². The van der Waals surface area contributed by atoms with E-state index in [0.717, 1.165) is 39.0 Å². The van der Waals surface area contributed by atoms with Gasteiger partial charge in [-0.05, 0) is 58.0 Å². The molecule has 7 nitrogen and oxygen atoms in total. The summed E-state index contributed by atoms with van der Waals surface area (Å²) in [6.45, 7) is 12.9. The summed E-state index contributed by atoms with van der Waals surface area (Å²) in [6, 6.07) is 7.32. The molecule has 1 atom stereocenters. The lowest BCUT2D eigenvalue weighted by molar-refractivity contribution is 0.292. The Labute approximate surface area is 177 Å². The van der Waals surface area contributed by atoms with Crippen LogP contribution in [0.3, 0.4) is 0 Å². The highest BCUT2D eigenvalue weighted by Gasteiger charge is 2.20. The molecule has 8 heteroatoms. The molecule has 2 N–H and O–H groups in total. The largest absolute Gasteiger partial charge is 0.357 e. The highest BCUT2D eigenvalue weighted by atomic mass is 32.2. The molecule has 0 heterocycles. The van der Waals surface area contributed by atoms with E-state index in [2.05, 4.69) is 41.3 Å². The van der Waals surface area contributed by atoms with Crippen molar-refractivity contribution in [3.8, 4) is 0 Å². The maximum Gasteiger partial charge on any atom is 0.242 e. The van der Waals surface area contributed by atoms with Crippen molar-refractivity contribution < 1.29 is 8.42 Å². The van der Waals surface area contributed by atoms with Crippen LogP contribution < -0.4 is 10.6 Å². The summed E-state index contributed by atoms with van der Waals surface area (Å²) in [5.41, 5.74) is 0.688. The van der Waals surface area contributed by atoms with Gasteiger partial charge in [0.15, 0.2) is 5.96 Å². The van der Waals surface area contributed by atoms with Crippen LogP contribution in [0.15, 0.2) is 34.2 Å². The van der Waals surface area contributed by atoms with E-state index in [0.29, 0.717) is 23.0 Å². The van der Waals surface area contributed by atoms with Crippen molar-refractivity contribution >= 4 is 16.0 Å². The normalized spacial score (nSPS) is 13.7. The molecule has 0 saturated heterocycles. The van der Waals surface area contributed by atoms with Crippen LogP contribution in [0.1, 0.15) is 46.1 Å². The molecule has 0 spiro atoms. The topological polar surface area (TPSA) is 77.0 Å². The fraction of sp³-hybridized carbons (Fsp3) is 0.667. The second-order valence-electron chi connectivity index (χ2n) is 7.30. The first-order chi connectivity index (χ1) is 13.8. The third-order valence-corrected chi connectivity index (χ3v) is 6.79. The van der Waals surface area contributed by atoms with Crippen LogP contribution in [0, 0.1) is 0 Å². The third kappa shape index (κ3) is 8.32. The molecule has 0 amide bonds. The molecule has 0 bridgehead atoms. The molecule has 0 saturated carbocycles. The van der Waals surface area contributed by atoms with Crippen molar-refractivity contribution in [2.24, 2.45) is 4.99 Å². The van der Waals surface area contributed by atoms with E-state index in [1.807, 2.05) is 19.1 Å². The van der Waals surface area contributed by atoms with Gasteiger partial charge in [0.25, 0.3) is 0 Å². The average molecular weight is 426 g/mol. The summed E-state index contributed by atoms with van der Waals surface area (Å²) < 4.78 is 26.4. The zero-order valence-electron chi connectivity index (χ0n) is 18.9. The third-order valence-electron chi connectivity index (χ3n) is 4.87. The molecule has 1 aromatic carbocycles. The van der Waals surface area contributed by atoms with Crippen molar-refractivity contribution in [3.05, 3.63) is 29.8 Å². The summed E-state index contributed by atoms with van der Waals surface area (Å²) in [4.78, 5) is 7.36. The molecule has 1 rings (SSSR count). The fourth-order valence-corrected chi connectivity index (χ4v) is 4.14. The van der Waals surface area contributed by atoms with Crippen molar-refractivity contribution in [2.75, 3.05) is 40.3 Å². The zero-order chi connectivity index (χ0) is 21.9. The summed E-state index contributed by atoms with van der Waals surface area (Å²) in [5, 5.41) is 6.69. The number of guanidine groups is 1. The molecule has 1 unspecified atom stereocenters. The van der Waals surface area contributed by atoms with Crippen LogP contribution in [0.25, 0.3) is 0 Å². The first-order valence-electron chi connectivity index (χ1n) is 10.5. The molecule has 0 fully saturated rings. The van der Waals surface area contributed by atoms with Crippen molar-refractivity contribution in [2.45, 2.75) is 58.0 Å². The smallest absolute Gasteiger partial charge is 0.242 e. The number of benzene rings is 1. The van der Waals surface area contributed by atoms with E-state index < -0.39 is 10.0 Å². The molecular formula is C21H39N5O2S. The number of nitrogens with one attached hydrogen (secondary N) is 2. The monoisotopic (exact) mass is 425 g/mol. The molecule has 1 aromatic rings. The van der Waals surface area contributed by atoms with Crippen LogP contribution in [-0.2, 0) is 16.6 Å². The minimum absolute atomic E-state index is 0.282. The van der Waals surface area contributed by atoms with Crippen LogP contribution in [0.2, 0.25) is 0 Å². The second kappa shape index (κ2) is 12.8. The lowest BCUT2D eigenvalue weighted by atomic mass is 10.2. The Hall–Kier alpha value is -1.64. The van der Waals surface area contributed by atoms with Crippen molar-refractivity contribution in [1.29, 1.82) is 0 Å². The SMILES string of the molecule is CCNC(=NCc1ccccc1S(=O)(=O)N(C)C)NC(C)CCCN(CC)CC. The average Bonchev–Trinajstić information content (AvgIpc) is 2.69. The summed E-state index contributed by atoms with van der Waals surface area (Å²) in [6.07, 6.45) is 2.17. The maximum atomic E-state index is 12.6. The van der Waals surface area contributed by atoms with Gasteiger partial charge in [0.05, 0.1) is 11.4 Å². The molecule has 0 aromatic heterocycles. The lowest BCUT2D eigenvalue weighted by Crippen LogP contribution is -2.42. The van der Waals surface area contributed by atoms with E-state index >= 15 is 0 Å². The van der Waals surface area contributed by atoms with Crippen molar-refractivity contribution in [3.63, 3.8) is 0 Å². The molecule has 0 aliphatic carbocycles. The van der Waals surface area contributed by atoms with Crippen molar-refractivity contribution in [1.82, 2.24) is 19.8 Å². The maximum absolute atomic E-state index is 12.6.